The molecule has 0 unspecified atom stereocenters. The summed E-state index contributed by atoms with van der Waals surface area (Å²) in [6.45, 7) is 9.27. The minimum absolute atomic E-state index is 0.257. The van der Waals surface area contributed by atoms with Crippen LogP contribution in [0.4, 0.5) is 0 Å². The van der Waals surface area contributed by atoms with Gasteiger partial charge in [0.05, 0.1) is 0 Å². The molecule has 1 aliphatic rings. The monoisotopic (exact) mass is 261 g/mol. The van der Waals surface area contributed by atoms with E-state index in [2.05, 4.69) is 31.7 Å². The van der Waals surface area contributed by atoms with E-state index < -0.39 is 0 Å². The second-order valence-electron chi connectivity index (χ2n) is 6.08. The normalized spacial score (nSPS) is 22.5. The van der Waals surface area contributed by atoms with Gasteiger partial charge in [-0.1, -0.05) is 26.0 Å². The lowest BCUT2D eigenvalue weighted by atomic mass is 9.77. The maximum absolute atomic E-state index is 9.96. The van der Waals surface area contributed by atoms with Crippen molar-refractivity contribution in [1.29, 1.82) is 0 Å². The van der Waals surface area contributed by atoms with Crippen molar-refractivity contribution in [3.63, 3.8) is 0 Å². The second kappa shape index (κ2) is 5.96. The predicted octanol–water partition coefficient (Wildman–Crippen LogP) is 3.76. The third kappa shape index (κ3) is 2.94. The number of phenols is 1. The number of aromatic hydroxyl groups is 1. The summed E-state index contributed by atoms with van der Waals surface area (Å²) < 4.78 is 0. The Hall–Kier alpha value is -1.02. The van der Waals surface area contributed by atoms with E-state index in [4.69, 9.17) is 0 Å². The van der Waals surface area contributed by atoms with Gasteiger partial charge in [-0.15, -0.1) is 0 Å². The van der Waals surface area contributed by atoms with Crippen molar-refractivity contribution in [3.05, 3.63) is 29.3 Å². The average Bonchev–Trinajstić information content (AvgIpc) is 2.38. The number of fused-ring (bicyclic) bond motifs is 1. The molecule has 0 aromatic heterocycles. The summed E-state index contributed by atoms with van der Waals surface area (Å²) in [5, 5.41) is 9.96. The van der Waals surface area contributed by atoms with Gasteiger partial charge >= 0.3 is 0 Å². The van der Waals surface area contributed by atoms with Crippen LogP contribution in [0.25, 0.3) is 0 Å². The molecule has 19 heavy (non-hydrogen) atoms. The predicted molar refractivity (Wildman–Crippen MR) is 80.7 cm³/mol. The summed E-state index contributed by atoms with van der Waals surface area (Å²) >= 11 is 0. The van der Waals surface area contributed by atoms with Gasteiger partial charge in [-0.05, 0) is 69.3 Å². The Morgan fingerprint density at radius 1 is 1.21 bits per heavy atom. The summed E-state index contributed by atoms with van der Waals surface area (Å²) in [6, 6.07) is 5.98. The van der Waals surface area contributed by atoms with Crippen molar-refractivity contribution in [2.24, 2.45) is 0 Å². The Bertz CT molecular complexity index is 423. The molecular formula is C17H27NO. The Morgan fingerprint density at radius 3 is 2.53 bits per heavy atom. The van der Waals surface area contributed by atoms with Crippen LogP contribution in [-0.4, -0.2) is 28.6 Å². The van der Waals surface area contributed by atoms with Gasteiger partial charge in [0.1, 0.15) is 5.75 Å². The van der Waals surface area contributed by atoms with E-state index in [9.17, 15) is 5.11 Å². The summed E-state index contributed by atoms with van der Waals surface area (Å²) in [4.78, 5) is 2.65. The molecule has 0 saturated carbocycles. The quantitative estimate of drug-likeness (QED) is 0.872. The number of phenolic OH excluding ortho intramolecular Hbond substituents is 1. The van der Waals surface area contributed by atoms with Gasteiger partial charge < -0.3 is 5.11 Å². The van der Waals surface area contributed by atoms with Gasteiger partial charge in [0, 0.05) is 5.54 Å². The first-order valence-electron chi connectivity index (χ1n) is 7.65. The molecule has 0 amide bonds. The standard InChI is InChI=1S/C17H27NO/c1-4-11-18(12-5-2)17(3)10-9-15-14(13-17)7-6-8-16(15)19/h6-8,19H,4-5,9-13H2,1-3H3/t17-/m0/s1. The molecule has 0 spiro atoms. The maximum Gasteiger partial charge on any atom is 0.119 e. The molecule has 0 radical (unpaired) electrons. The van der Waals surface area contributed by atoms with Crippen LogP contribution in [0, 0.1) is 0 Å². The highest BCUT2D eigenvalue weighted by Gasteiger charge is 2.35. The van der Waals surface area contributed by atoms with Crippen molar-refractivity contribution in [3.8, 4) is 5.75 Å². The van der Waals surface area contributed by atoms with E-state index >= 15 is 0 Å². The van der Waals surface area contributed by atoms with Gasteiger partial charge in [-0.25, -0.2) is 0 Å². The Balaban J connectivity index is 2.22. The lowest BCUT2D eigenvalue weighted by Gasteiger charge is -2.44. The fourth-order valence-electron chi connectivity index (χ4n) is 3.43. The largest absolute Gasteiger partial charge is 0.508 e. The summed E-state index contributed by atoms with van der Waals surface area (Å²) in [5.41, 5.74) is 2.77. The summed E-state index contributed by atoms with van der Waals surface area (Å²) in [5.74, 6) is 0.483. The Labute approximate surface area is 117 Å². The highest BCUT2D eigenvalue weighted by Crippen LogP contribution is 2.36. The summed E-state index contributed by atoms with van der Waals surface area (Å²) in [7, 11) is 0. The van der Waals surface area contributed by atoms with Crippen LogP contribution in [0.1, 0.15) is 51.2 Å². The van der Waals surface area contributed by atoms with Crippen LogP contribution in [0.3, 0.4) is 0 Å². The zero-order chi connectivity index (χ0) is 13.9. The zero-order valence-corrected chi connectivity index (χ0v) is 12.6. The minimum Gasteiger partial charge on any atom is -0.508 e. The number of rotatable bonds is 5. The zero-order valence-electron chi connectivity index (χ0n) is 12.6. The molecule has 1 aliphatic carbocycles. The van der Waals surface area contributed by atoms with Crippen LogP contribution in [0.15, 0.2) is 18.2 Å². The van der Waals surface area contributed by atoms with Gasteiger partial charge in [-0.3, -0.25) is 4.90 Å². The molecule has 1 N–H and O–H groups in total. The van der Waals surface area contributed by atoms with Crippen molar-refractivity contribution in [1.82, 2.24) is 4.90 Å². The van der Waals surface area contributed by atoms with Gasteiger partial charge in [0.25, 0.3) is 0 Å². The molecular weight excluding hydrogens is 234 g/mol. The van der Waals surface area contributed by atoms with Crippen molar-refractivity contribution < 1.29 is 5.11 Å². The fourth-order valence-corrected chi connectivity index (χ4v) is 3.43. The molecule has 0 aliphatic heterocycles. The minimum atomic E-state index is 0.257. The number of hydrogen-bond acceptors (Lipinski definition) is 2. The first-order chi connectivity index (χ1) is 9.10. The van der Waals surface area contributed by atoms with Crippen molar-refractivity contribution >= 4 is 0 Å². The number of benzene rings is 1. The number of hydrogen-bond donors (Lipinski definition) is 1. The smallest absolute Gasteiger partial charge is 0.119 e. The molecule has 2 heteroatoms. The first-order valence-corrected chi connectivity index (χ1v) is 7.65. The van der Waals surface area contributed by atoms with E-state index in [1.165, 1.54) is 37.1 Å². The SMILES string of the molecule is CCCN(CCC)[C@@]1(C)CCc2c(O)cccc2C1. The average molecular weight is 261 g/mol. The molecule has 0 saturated heterocycles. The van der Waals surface area contributed by atoms with Gasteiger partial charge in [0.15, 0.2) is 0 Å². The highest BCUT2D eigenvalue weighted by molar-refractivity contribution is 5.42. The topological polar surface area (TPSA) is 23.5 Å². The lowest BCUT2D eigenvalue weighted by molar-refractivity contribution is 0.0880. The Morgan fingerprint density at radius 2 is 1.89 bits per heavy atom. The molecule has 0 bridgehead atoms. The molecule has 2 nitrogen and oxygen atoms in total. The van der Waals surface area contributed by atoms with Crippen molar-refractivity contribution in [2.75, 3.05) is 13.1 Å². The molecule has 0 heterocycles. The third-order valence-corrected chi connectivity index (χ3v) is 4.48. The first kappa shape index (κ1) is 14.4. The van der Waals surface area contributed by atoms with Crippen LogP contribution < -0.4 is 0 Å². The summed E-state index contributed by atoms with van der Waals surface area (Å²) in [6.07, 6.45) is 5.64. The van der Waals surface area contributed by atoms with Crippen LogP contribution >= 0.6 is 0 Å². The van der Waals surface area contributed by atoms with Crippen molar-refractivity contribution in [2.45, 2.75) is 58.4 Å². The van der Waals surface area contributed by atoms with E-state index in [1.807, 2.05) is 12.1 Å². The molecule has 1 aromatic rings. The highest BCUT2D eigenvalue weighted by atomic mass is 16.3. The molecule has 1 atom stereocenters. The van der Waals surface area contributed by atoms with Gasteiger partial charge in [0.2, 0.25) is 0 Å². The second-order valence-corrected chi connectivity index (χ2v) is 6.08. The lowest BCUT2D eigenvalue weighted by Crippen LogP contribution is -2.50. The van der Waals surface area contributed by atoms with Crippen LogP contribution in [0.5, 0.6) is 5.75 Å². The molecule has 2 rings (SSSR count). The number of nitrogens with zero attached hydrogens (tertiary/aromatic N) is 1. The van der Waals surface area contributed by atoms with Gasteiger partial charge in [-0.2, -0.15) is 0 Å². The van der Waals surface area contributed by atoms with E-state index in [-0.39, 0.29) is 5.54 Å². The van der Waals surface area contributed by atoms with Crippen LogP contribution in [0.2, 0.25) is 0 Å². The van der Waals surface area contributed by atoms with Crippen LogP contribution in [-0.2, 0) is 12.8 Å². The molecule has 1 aromatic carbocycles. The maximum atomic E-state index is 9.96. The Kier molecular flexibility index (Phi) is 4.51. The molecule has 106 valence electrons. The van der Waals surface area contributed by atoms with E-state index in [1.54, 1.807) is 0 Å². The van der Waals surface area contributed by atoms with E-state index in [0.717, 1.165) is 19.3 Å². The third-order valence-electron chi connectivity index (χ3n) is 4.48. The molecule has 0 fully saturated rings. The van der Waals surface area contributed by atoms with E-state index in [0.29, 0.717) is 5.75 Å². The fraction of sp³-hybridized carbons (Fsp3) is 0.647.